The lowest BCUT2D eigenvalue weighted by atomic mass is 9.77. The Kier molecular flexibility index (Phi) is 3.87. The van der Waals surface area contributed by atoms with Gasteiger partial charge in [-0.3, -0.25) is 9.67 Å². The van der Waals surface area contributed by atoms with Crippen LogP contribution >= 0.6 is 11.6 Å². The summed E-state index contributed by atoms with van der Waals surface area (Å²) in [5.74, 6) is 1.09. The van der Waals surface area contributed by atoms with Gasteiger partial charge in [0, 0.05) is 47.8 Å². The lowest BCUT2D eigenvalue weighted by Gasteiger charge is -2.35. The van der Waals surface area contributed by atoms with E-state index < -0.39 is 0 Å². The molecule has 2 fully saturated rings. The topological polar surface area (TPSA) is 54.2 Å². The molecule has 0 bridgehead atoms. The van der Waals surface area contributed by atoms with Crippen molar-refractivity contribution in [1.29, 1.82) is 0 Å². The molecule has 3 heterocycles. The summed E-state index contributed by atoms with van der Waals surface area (Å²) in [5, 5.41) is 16.8. The van der Waals surface area contributed by atoms with Crippen molar-refractivity contribution >= 4 is 28.2 Å². The Hall–Kier alpha value is -2.11. The van der Waals surface area contributed by atoms with Gasteiger partial charge in [0.2, 0.25) is 0 Å². The average Bonchev–Trinajstić information content (AvgIpc) is 3.29. The number of nitrogens with zero attached hydrogens (tertiary/aromatic N) is 4. The first kappa shape index (κ1) is 16.1. The van der Waals surface area contributed by atoms with E-state index in [4.69, 9.17) is 11.6 Å². The van der Waals surface area contributed by atoms with Gasteiger partial charge in [0.05, 0.1) is 17.7 Å². The largest absolute Gasteiger partial charge is 0.391 e. The van der Waals surface area contributed by atoms with Crippen molar-refractivity contribution in [3.63, 3.8) is 0 Å². The van der Waals surface area contributed by atoms with E-state index >= 15 is 0 Å². The molecule has 1 saturated carbocycles. The average molecular weight is 369 g/mol. The van der Waals surface area contributed by atoms with Crippen LogP contribution < -0.4 is 4.90 Å². The molecular formula is C20H21ClN4O. The maximum absolute atomic E-state index is 10.6. The van der Waals surface area contributed by atoms with E-state index in [0.717, 1.165) is 36.8 Å². The molecule has 1 aliphatic heterocycles. The quantitative estimate of drug-likeness (QED) is 0.751. The third-order valence-corrected chi connectivity index (χ3v) is 6.23. The molecule has 134 valence electrons. The Balaban J connectivity index is 1.43. The van der Waals surface area contributed by atoms with Crippen LogP contribution in [-0.4, -0.2) is 39.1 Å². The number of fused-ring (bicyclic) bond motifs is 2. The number of aliphatic hydroxyl groups is 1. The van der Waals surface area contributed by atoms with E-state index in [9.17, 15) is 5.11 Å². The number of aromatic nitrogens is 3. The Morgan fingerprint density at radius 2 is 1.92 bits per heavy atom. The Morgan fingerprint density at radius 1 is 1.08 bits per heavy atom. The van der Waals surface area contributed by atoms with E-state index in [0.29, 0.717) is 16.9 Å². The lowest BCUT2D eigenvalue weighted by Crippen LogP contribution is -2.36. The van der Waals surface area contributed by atoms with Gasteiger partial charge < -0.3 is 10.0 Å². The van der Waals surface area contributed by atoms with Gasteiger partial charge in [-0.05, 0) is 55.0 Å². The van der Waals surface area contributed by atoms with E-state index in [1.165, 1.54) is 5.69 Å². The van der Waals surface area contributed by atoms with Crippen LogP contribution in [0.15, 0.2) is 48.9 Å². The van der Waals surface area contributed by atoms with Gasteiger partial charge in [-0.25, -0.2) is 0 Å². The molecule has 5 rings (SSSR count). The number of hydrogen-bond acceptors (Lipinski definition) is 4. The first-order valence-corrected chi connectivity index (χ1v) is 9.53. The Bertz CT molecular complexity index is 929. The van der Waals surface area contributed by atoms with Crippen molar-refractivity contribution in [2.45, 2.75) is 25.0 Å². The molecule has 2 aliphatic rings. The molecule has 0 unspecified atom stereocenters. The summed E-state index contributed by atoms with van der Waals surface area (Å²) in [6.45, 7) is 1.99. The zero-order chi connectivity index (χ0) is 17.7. The summed E-state index contributed by atoms with van der Waals surface area (Å²) in [6.07, 6.45) is 7.08. The Morgan fingerprint density at radius 3 is 2.73 bits per heavy atom. The van der Waals surface area contributed by atoms with Gasteiger partial charge in [0.25, 0.3) is 0 Å². The van der Waals surface area contributed by atoms with Gasteiger partial charge in [-0.1, -0.05) is 11.6 Å². The molecule has 0 amide bonds. The molecule has 1 N–H and O–H groups in total. The second kappa shape index (κ2) is 6.25. The maximum Gasteiger partial charge on any atom is 0.0781 e. The minimum atomic E-state index is -0.330. The van der Waals surface area contributed by atoms with E-state index in [2.05, 4.69) is 27.1 Å². The van der Waals surface area contributed by atoms with Crippen LogP contribution in [0, 0.1) is 11.8 Å². The summed E-state index contributed by atoms with van der Waals surface area (Å²) < 4.78 is 1.92. The van der Waals surface area contributed by atoms with E-state index in [1.54, 1.807) is 6.20 Å². The first-order valence-electron chi connectivity index (χ1n) is 9.15. The molecule has 26 heavy (non-hydrogen) atoms. The van der Waals surface area contributed by atoms with Crippen LogP contribution in [0.3, 0.4) is 0 Å². The van der Waals surface area contributed by atoms with E-state index in [-0.39, 0.29) is 12.1 Å². The number of pyridine rings is 1. The highest BCUT2D eigenvalue weighted by Gasteiger charge is 2.42. The highest BCUT2D eigenvalue weighted by molar-refractivity contribution is 6.31. The molecule has 4 atom stereocenters. The predicted octanol–water partition coefficient (Wildman–Crippen LogP) is 3.53. The van der Waals surface area contributed by atoms with Crippen molar-refractivity contribution in [3.8, 4) is 0 Å². The van der Waals surface area contributed by atoms with Crippen molar-refractivity contribution < 1.29 is 5.11 Å². The van der Waals surface area contributed by atoms with Gasteiger partial charge in [0.15, 0.2) is 0 Å². The van der Waals surface area contributed by atoms with Crippen LogP contribution in [0.1, 0.15) is 18.9 Å². The lowest BCUT2D eigenvalue weighted by molar-refractivity contribution is 0.0306. The van der Waals surface area contributed by atoms with Crippen molar-refractivity contribution in [2.24, 2.45) is 11.8 Å². The molecule has 1 aliphatic carbocycles. The van der Waals surface area contributed by atoms with Crippen molar-refractivity contribution in [3.05, 3.63) is 53.9 Å². The van der Waals surface area contributed by atoms with Gasteiger partial charge in [-0.15, -0.1) is 0 Å². The number of halogens is 1. The molecule has 5 nitrogen and oxygen atoms in total. The third kappa shape index (κ3) is 2.66. The molecule has 0 spiro atoms. The summed E-state index contributed by atoms with van der Waals surface area (Å²) >= 11 is 6.12. The standard InChI is InChI=1S/C20H21ClN4O/c21-15-2-3-16-17(10-15)22-6-4-18(16)24-11-13-8-19(25-7-1-5-23-25)20(26)9-14(13)12-24/h1-7,10,13-14,19-20,26H,8-9,11-12H2/t13-,14+,19-,20-/m1/s1. The third-order valence-electron chi connectivity index (χ3n) is 6.00. The number of anilines is 1. The highest BCUT2D eigenvalue weighted by Crippen LogP contribution is 2.43. The number of benzene rings is 1. The fraction of sp³-hybridized carbons (Fsp3) is 0.400. The number of hydrogen-bond donors (Lipinski definition) is 1. The number of aliphatic hydroxyl groups excluding tert-OH is 1. The molecule has 1 aromatic carbocycles. The zero-order valence-corrected chi connectivity index (χ0v) is 15.1. The van der Waals surface area contributed by atoms with Crippen LogP contribution in [0.2, 0.25) is 5.02 Å². The maximum atomic E-state index is 10.6. The van der Waals surface area contributed by atoms with Crippen molar-refractivity contribution in [2.75, 3.05) is 18.0 Å². The summed E-state index contributed by atoms with van der Waals surface area (Å²) in [7, 11) is 0. The number of rotatable bonds is 2. The normalized spacial score (nSPS) is 28.5. The summed E-state index contributed by atoms with van der Waals surface area (Å²) in [4.78, 5) is 6.91. The molecule has 1 saturated heterocycles. The molecule has 6 heteroatoms. The summed E-state index contributed by atoms with van der Waals surface area (Å²) in [6, 6.07) is 10.0. The fourth-order valence-electron chi connectivity index (χ4n) is 4.75. The molecule has 0 radical (unpaired) electrons. The minimum absolute atomic E-state index is 0.0826. The van der Waals surface area contributed by atoms with Crippen LogP contribution in [0.25, 0.3) is 10.9 Å². The second-order valence-electron chi connectivity index (χ2n) is 7.51. The smallest absolute Gasteiger partial charge is 0.0781 e. The van der Waals surface area contributed by atoms with Crippen LogP contribution in [0.4, 0.5) is 5.69 Å². The van der Waals surface area contributed by atoms with Crippen molar-refractivity contribution in [1.82, 2.24) is 14.8 Å². The van der Waals surface area contributed by atoms with E-state index in [1.807, 2.05) is 35.3 Å². The second-order valence-corrected chi connectivity index (χ2v) is 7.95. The zero-order valence-electron chi connectivity index (χ0n) is 14.4. The monoisotopic (exact) mass is 368 g/mol. The first-order chi connectivity index (χ1) is 12.7. The van der Waals surface area contributed by atoms with Crippen LogP contribution in [0.5, 0.6) is 0 Å². The fourth-order valence-corrected chi connectivity index (χ4v) is 4.91. The summed E-state index contributed by atoms with van der Waals surface area (Å²) in [5.41, 5.74) is 2.14. The Labute approximate surface area is 157 Å². The van der Waals surface area contributed by atoms with Gasteiger partial charge in [0.1, 0.15) is 0 Å². The highest BCUT2D eigenvalue weighted by atomic mass is 35.5. The minimum Gasteiger partial charge on any atom is -0.391 e. The molecule has 2 aromatic heterocycles. The van der Waals surface area contributed by atoms with Gasteiger partial charge >= 0.3 is 0 Å². The van der Waals surface area contributed by atoms with Gasteiger partial charge in [-0.2, -0.15) is 5.10 Å². The molecule has 3 aromatic rings. The van der Waals surface area contributed by atoms with Crippen LogP contribution in [-0.2, 0) is 0 Å². The SMILES string of the molecule is O[C@@H]1C[C@H]2CN(c3ccnc4cc(Cl)ccc34)C[C@H]2C[C@H]1n1cccn1. The molecular weight excluding hydrogens is 348 g/mol. The predicted molar refractivity (Wildman–Crippen MR) is 102 cm³/mol.